The second-order valence-corrected chi connectivity index (χ2v) is 5.28. The van der Waals surface area contributed by atoms with Crippen LogP contribution in [0.4, 0.5) is 0 Å². The molecule has 1 aliphatic carbocycles. The third-order valence-corrected chi connectivity index (χ3v) is 3.84. The molecule has 0 amide bonds. The Morgan fingerprint density at radius 2 is 2.29 bits per heavy atom. The second-order valence-electron chi connectivity index (χ2n) is 5.28. The molecule has 4 nitrogen and oxygen atoms in total. The average Bonchev–Trinajstić information content (AvgIpc) is 2.32. The maximum absolute atomic E-state index is 10.1. The highest BCUT2D eigenvalue weighted by Crippen LogP contribution is 2.35. The van der Waals surface area contributed by atoms with E-state index in [9.17, 15) is 5.11 Å². The molecule has 1 saturated carbocycles. The van der Waals surface area contributed by atoms with Gasteiger partial charge in [0.15, 0.2) is 5.96 Å². The summed E-state index contributed by atoms with van der Waals surface area (Å²) in [6.07, 6.45) is 5.39. The van der Waals surface area contributed by atoms with Crippen LogP contribution < -0.4 is 10.6 Å². The largest absolute Gasteiger partial charge is 0.392 e. The van der Waals surface area contributed by atoms with Crippen molar-refractivity contribution >= 4 is 29.9 Å². The molecule has 0 spiro atoms. The van der Waals surface area contributed by atoms with Gasteiger partial charge in [-0.1, -0.05) is 19.8 Å². The van der Waals surface area contributed by atoms with Crippen LogP contribution in [0.2, 0.25) is 0 Å². The van der Waals surface area contributed by atoms with Gasteiger partial charge in [0.2, 0.25) is 0 Å². The lowest BCUT2D eigenvalue weighted by atomic mass is 9.73. The molecular formula is C12H24IN3O. The molecule has 1 heterocycles. The van der Waals surface area contributed by atoms with E-state index in [0.29, 0.717) is 0 Å². The van der Waals surface area contributed by atoms with E-state index < -0.39 is 0 Å². The number of nitrogens with zero attached hydrogens (tertiary/aromatic N) is 1. The first-order chi connectivity index (χ1) is 7.71. The quantitative estimate of drug-likeness (QED) is 0.660. The summed E-state index contributed by atoms with van der Waals surface area (Å²) in [5, 5.41) is 16.6. The highest BCUT2D eigenvalue weighted by molar-refractivity contribution is 14.0. The fraction of sp³-hybridized carbons (Fsp3) is 0.917. The van der Waals surface area contributed by atoms with Crippen LogP contribution in [0.25, 0.3) is 0 Å². The van der Waals surface area contributed by atoms with Crippen molar-refractivity contribution in [3.8, 4) is 0 Å². The molecule has 2 unspecified atom stereocenters. The molecule has 2 atom stereocenters. The zero-order valence-electron chi connectivity index (χ0n) is 10.5. The van der Waals surface area contributed by atoms with Crippen LogP contribution >= 0.6 is 24.0 Å². The Bertz CT molecular complexity index is 272. The third kappa shape index (κ3) is 3.98. The molecule has 3 N–H and O–H groups in total. The minimum Gasteiger partial charge on any atom is -0.392 e. The zero-order valence-corrected chi connectivity index (χ0v) is 12.9. The Hall–Kier alpha value is -0.0400. The van der Waals surface area contributed by atoms with E-state index >= 15 is 0 Å². The number of hydrogen-bond donors (Lipinski definition) is 3. The van der Waals surface area contributed by atoms with Gasteiger partial charge in [-0.15, -0.1) is 24.0 Å². The maximum atomic E-state index is 10.1. The van der Waals surface area contributed by atoms with Gasteiger partial charge in [0.1, 0.15) is 0 Å². The summed E-state index contributed by atoms with van der Waals surface area (Å²) in [6, 6.07) is 0. The van der Waals surface area contributed by atoms with Crippen LogP contribution in [-0.4, -0.2) is 36.8 Å². The molecule has 5 heteroatoms. The number of aliphatic hydroxyl groups is 1. The summed E-state index contributed by atoms with van der Waals surface area (Å²) >= 11 is 0. The number of guanidine groups is 1. The van der Waals surface area contributed by atoms with Crippen molar-refractivity contribution in [1.29, 1.82) is 0 Å². The van der Waals surface area contributed by atoms with Crippen molar-refractivity contribution in [3.05, 3.63) is 0 Å². The average molecular weight is 353 g/mol. The molecule has 1 aliphatic heterocycles. The molecule has 0 aromatic rings. The van der Waals surface area contributed by atoms with Gasteiger partial charge in [-0.2, -0.15) is 0 Å². The van der Waals surface area contributed by atoms with Gasteiger partial charge in [0.25, 0.3) is 0 Å². The highest BCUT2D eigenvalue weighted by atomic mass is 127. The molecule has 2 rings (SSSR count). The smallest absolute Gasteiger partial charge is 0.191 e. The fourth-order valence-corrected chi connectivity index (χ4v) is 2.52. The lowest BCUT2D eigenvalue weighted by molar-refractivity contribution is 0.00395. The summed E-state index contributed by atoms with van der Waals surface area (Å²) in [4.78, 5) is 4.38. The predicted octanol–water partition coefficient (Wildman–Crippen LogP) is 1.48. The first-order valence-corrected chi connectivity index (χ1v) is 6.41. The molecule has 17 heavy (non-hydrogen) atoms. The Kier molecular flexibility index (Phi) is 5.99. The summed E-state index contributed by atoms with van der Waals surface area (Å²) in [6.45, 7) is 4.91. The van der Waals surface area contributed by atoms with Crippen LogP contribution in [0.1, 0.15) is 39.0 Å². The van der Waals surface area contributed by atoms with Crippen molar-refractivity contribution in [2.45, 2.75) is 45.1 Å². The molecule has 0 bridgehead atoms. The second kappa shape index (κ2) is 6.78. The van der Waals surface area contributed by atoms with Crippen LogP contribution in [0, 0.1) is 5.41 Å². The Labute approximate surface area is 121 Å². The SMILES string of the molecule is CC1(CNC2=NCCCN2)CCCCC1O.I. The summed E-state index contributed by atoms with van der Waals surface area (Å²) in [5.74, 6) is 0.908. The maximum Gasteiger partial charge on any atom is 0.191 e. The standard InChI is InChI=1S/C12H23N3O.HI/c1-12(6-3-2-5-10(12)16)9-15-11-13-7-4-8-14-11;/h10,16H,2-9H2,1H3,(H2,13,14,15);1H. The summed E-state index contributed by atoms with van der Waals surface area (Å²) < 4.78 is 0. The first kappa shape index (κ1) is 15.0. The Balaban J connectivity index is 0.00000144. The van der Waals surface area contributed by atoms with Crippen LogP contribution in [-0.2, 0) is 0 Å². The highest BCUT2D eigenvalue weighted by Gasteiger charge is 2.35. The summed E-state index contributed by atoms with van der Waals surface area (Å²) in [5.41, 5.74) is 0.0138. The van der Waals surface area contributed by atoms with Gasteiger partial charge in [-0.05, 0) is 19.3 Å². The van der Waals surface area contributed by atoms with Gasteiger partial charge in [0, 0.05) is 25.0 Å². The molecular weight excluding hydrogens is 329 g/mol. The molecule has 1 fully saturated rings. The minimum atomic E-state index is -0.169. The molecule has 0 aromatic carbocycles. The van der Waals surface area contributed by atoms with Gasteiger partial charge >= 0.3 is 0 Å². The lowest BCUT2D eigenvalue weighted by Crippen LogP contribution is -2.49. The Morgan fingerprint density at radius 3 is 2.94 bits per heavy atom. The topological polar surface area (TPSA) is 56.7 Å². The monoisotopic (exact) mass is 353 g/mol. The number of nitrogens with one attached hydrogen (secondary N) is 2. The Morgan fingerprint density at radius 1 is 1.47 bits per heavy atom. The number of rotatable bonds is 2. The van der Waals surface area contributed by atoms with E-state index in [1.54, 1.807) is 0 Å². The number of halogens is 1. The van der Waals surface area contributed by atoms with Crippen molar-refractivity contribution in [2.75, 3.05) is 19.6 Å². The molecule has 100 valence electrons. The van der Waals surface area contributed by atoms with Crippen molar-refractivity contribution in [2.24, 2.45) is 10.4 Å². The summed E-state index contributed by atoms with van der Waals surface area (Å²) in [7, 11) is 0. The van der Waals surface area contributed by atoms with E-state index in [-0.39, 0.29) is 35.5 Å². The zero-order chi connectivity index (χ0) is 11.4. The van der Waals surface area contributed by atoms with Crippen molar-refractivity contribution in [3.63, 3.8) is 0 Å². The van der Waals surface area contributed by atoms with Crippen molar-refractivity contribution in [1.82, 2.24) is 10.6 Å². The van der Waals surface area contributed by atoms with Gasteiger partial charge in [0.05, 0.1) is 6.10 Å². The van der Waals surface area contributed by atoms with Gasteiger partial charge in [-0.25, -0.2) is 0 Å². The molecule has 0 aromatic heterocycles. The lowest BCUT2D eigenvalue weighted by Gasteiger charge is -2.39. The molecule has 0 radical (unpaired) electrons. The van der Waals surface area contributed by atoms with Gasteiger partial charge < -0.3 is 15.7 Å². The van der Waals surface area contributed by atoms with E-state index in [1.165, 1.54) is 6.42 Å². The van der Waals surface area contributed by atoms with E-state index in [0.717, 1.165) is 51.3 Å². The number of aliphatic hydroxyl groups excluding tert-OH is 1. The predicted molar refractivity (Wildman–Crippen MR) is 80.9 cm³/mol. The van der Waals surface area contributed by atoms with E-state index in [2.05, 4.69) is 22.5 Å². The third-order valence-electron chi connectivity index (χ3n) is 3.84. The number of aliphatic imine (C=N–C) groups is 1. The minimum absolute atomic E-state index is 0. The van der Waals surface area contributed by atoms with Crippen LogP contribution in [0.3, 0.4) is 0 Å². The normalized spacial score (nSPS) is 33.1. The van der Waals surface area contributed by atoms with E-state index in [4.69, 9.17) is 0 Å². The molecule has 0 saturated heterocycles. The van der Waals surface area contributed by atoms with Crippen LogP contribution in [0.15, 0.2) is 4.99 Å². The molecule has 2 aliphatic rings. The number of hydrogen-bond acceptors (Lipinski definition) is 4. The van der Waals surface area contributed by atoms with Gasteiger partial charge in [-0.3, -0.25) is 4.99 Å². The van der Waals surface area contributed by atoms with Crippen LogP contribution in [0.5, 0.6) is 0 Å². The van der Waals surface area contributed by atoms with Crippen molar-refractivity contribution < 1.29 is 5.11 Å². The van der Waals surface area contributed by atoms with E-state index in [1.807, 2.05) is 0 Å². The first-order valence-electron chi connectivity index (χ1n) is 6.41. The fourth-order valence-electron chi connectivity index (χ4n) is 2.52.